The van der Waals surface area contributed by atoms with Gasteiger partial charge in [0.05, 0.1) is 10.9 Å². The topological polar surface area (TPSA) is 26.0 Å². The first-order valence-electron chi connectivity index (χ1n) is 5.96. The standard InChI is InChI=1S/C12H15ClF3NS/c13-9-5-6-18-11(9)10(17)7-3-1-2-4-8(7)12(14,15)16/h5-8,10H,1-4,17H2. The van der Waals surface area contributed by atoms with Gasteiger partial charge in [-0.05, 0) is 30.2 Å². The average molecular weight is 298 g/mol. The second-order valence-electron chi connectivity index (χ2n) is 4.75. The van der Waals surface area contributed by atoms with E-state index < -0.39 is 24.1 Å². The van der Waals surface area contributed by atoms with Crippen molar-refractivity contribution in [2.75, 3.05) is 0 Å². The van der Waals surface area contributed by atoms with Gasteiger partial charge < -0.3 is 5.73 Å². The Morgan fingerprint density at radius 3 is 2.56 bits per heavy atom. The van der Waals surface area contributed by atoms with Crippen molar-refractivity contribution in [2.45, 2.75) is 37.9 Å². The maximum Gasteiger partial charge on any atom is 0.392 e. The van der Waals surface area contributed by atoms with Crippen LogP contribution in [0.1, 0.15) is 36.6 Å². The first-order chi connectivity index (χ1) is 8.41. The third-order valence-electron chi connectivity index (χ3n) is 3.65. The Bertz CT molecular complexity index is 404. The van der Waals surface area contributed by atoms with Gasteiger partial charge in [-0.2, -0.15) is 13.2 Å². The first-order valence-corrected chi connectivity index (χ1v) is 7.22. The minimum absolute atomic E-state index is 0.185. The molecule has 1 saturated carbocycles. The highest BCUT2D eigenvalue weighted by Gasteiger charge is 2.47. The molecule has 0 spiro atoms. The highest BCUT2D eigenvalue weighted by atomic mass is 35.5. The van der Waals surface area contributed by atoms with Crippen LogP contribution in [0.3, 0.4) is 0 Å². The van der Waals surface area contributed by atoms with E-state index in [2.05, 4.69) is 0 Å². The van der Waals surface area contributed by atoms with Crippen LogP contribution in [0.4, 0.5) is 13.2 Å². The van der Waals surface area contributed by atoms with E-state index in [1.165, 1.54) is 11.3 Å². The highest BCUT2D eigenvalue weighted by Crippen LogP contribution is 2.47. The van der Waals surface area contributed by atoms with Crippen molar-refractivity contribution in [1.29, 1.82) is 0 Å². The number of hydrogen-bond acceptors (Lipinski definition) is 2. The molecule has 2 rings (SSSR count). The van der Waals surface area contributed by atoms with Crippen LogP contribution in [0, 0.1) is 11.8 Å². The Labute approximate surface area is 113 Å². The number of hydrogen-bond donors (Lipinski definition) is 1. The van der Waals surface area contributed by atoms with Crippen molar-refractivity contribution in [1.82, 2.24) is 0 Å². The van der Waals surface area contributed by atoms with Crippen molar-refractivity contribution in [3.63, 3.8) is 0 Å². The lowest BCUT2D eigenvalue weighted by Gasteiger charge is -2.36. The quantitative estimate of drug-likeness (QED) is 0.836. The largest absolute Gasteiger partial charge is 0.392 e. The van der Waals surface area contributed by atoms with Crippen molar-refractivity contribution in [3.05, 3.63) is 21.3 Å². The minimum atomic E-state index is -4.16. The van der Waals surface area contributed by atoms with Crippen molar-refractivity contribution in [2.24, 2.45) is 17.6 Å². The molecule has 18 heavy (non-hydrogen) atoms. The summed E-state index contributed by atoms with van der Waals surface area (Å²) in [6, 6.07) is 1.08. The lowest BCUT2D eigenvalue weighted by Crippen LogP contribution is -2.38. The molecule has 1 aromatic heterocycles. The fourth-order valence-corrected chi connectivity index (χ4v) is 3.99. The van der Waals surface area contributed by atoms with Crippen LogP contribution in [0.2, 0.25) is 5.02 Å². The molecule has 0 aromatic carbocycles. The lowest BCUT2D eigenvalue weighted by molar-refractivity contribution is -0.198. The number of nitrogens with two attached hydrogens (primary N) is 1. The van der Waals surface area contributed by atoms with E-state index in [-0.39, 0.29) is 6.42 Å². The molecule has 0 bridgehead atoms. The molecule has 1 aliphatic rings. The summed E-state index contributed by atoms with van der Waals surface area (Å²) < 4.78 is 39.0. The number of halogens is 4. The Hall–Kier alpha value is -0.260. The normalized spacial score (nSPS) is 27.2. The van der Waals surface area contributed by atoms with Gasteiger partial charge in [0.2, 0.25) is 0 Å². The van der Waals surface area contributed by atoms with Gasteiger partial charge >= 0.3 is 6.18 Å². The molecule has 102 valence electrons. The molecule has 1 nitrogen and oxygen atoms in total. The lowest BCUT2D eigenvalue weighted by atomic mass is 9.74. The van der Waals surface area contributed by atoms with Crippen LogP contribution in [-0.2, 0) is 0 Å². The third-order valence-corrected chi connectivity index (χ3v) is 5.11. The summed E-state index contributed by atoms with van der Waals surface area (Å²) in [4.78, 5) is 0.679. The molecule has 3 unspecified atom stereocenters. The molecule has 6 heteroatoms. The van der Waals surface area contributed by atoms with Crippen LogP contribution in [0.5, 0.6) is 0 Å². The van der Waals surface area contributed by atoms with E-state index in [9.17, 15) is 13.2 Å². The second-order valence-corrected chi connectivity index (χ2v) is 6.11. The van der Waals surface area contributed by atoms with E-state index in [0.717, 1.165) is 6.42 Å². The van der Waals surface area contributed by atoms with Gasteiger partial charge in [-0.15, -0.1) is 11.3 Å². The minimum Gasteiger partial charge on any atom is -0.323 e. The Morgan fingerprint density at radius 1 is 1.33 bits per heavy atom. The van der Waals surface area contributed by atoms with Crippen LogP contribution >= 0.6 is 22.9 Å². The van der Waals surface area contributed by atoms with Crippen molar-refractivity contribution < 1.29 is 13.2 Å². The van der Waals surface area contributed by atoms with E-state index >= 15 is 0 Å². The molecule has 0 radical (unpaired) electrons. The maximum absolute atomic E-state index is 13.0. The number of thiophene rings is 1. The van der Waals surface area contributed by atoms with Gasteiger partial charge in [-0.1, -0.05) is 24.4 Å². The summed E-state index contributed by atoms with van der Waals surface area (Å²) >= 11 is 7.30. The molecular weight excluding hydrogens is 283 g/mol. The zero-order valence-electron chi connectivity index (χ0n) is 9.71. The van der Waals surface area contributed by atoms with Crippen LogP contribution < -0.4 is 5.73 Å². The molecular formula is C12H15ClF3NS. The highest BCUT2D eigenvalue weighted by molar-refractivity contribution is 7.10. The van der Waals surface area contributed by atoms with Crippen LogP contribution in [-0.4, -0.2) is 6.18 Å². The SMILES string of the molecule is NC(c1sccc1Cl)C1CCCCC1C(F)(F)F. The van der Waals surface area contributed by atoms with E-state index in [4.69, 9.17) is 17.3 Å². The summed E-state index contributed by atoms with van der Waals surface area (Å²) in [5.74, 6) is -1.84. The summed E-state index contributed by atoms with van der Waals surface area (Å²) in [5, 5.41) is 2.25. The summed E-state index contributed by atoms with van der Waals surface area (Å²) in [6.07, 6.45) is -2.00. The second kappa shape index (κ2) is 5.39. The number of alkyl halides is 3. The average Bonchev–Trinajstić information content (AvgIpc) is 2.73. The molecule has 1 aliphatic carbocycles. The van der Waals surface area contributed by atoms with Crippen LogP contribution in [0.15, 0.2) is 11.4 Å². The van der Waals surface area contributed by atoms with E-state index in [1.54, 1.807) is 11.4 Å². The smallest absolute Gasteiger partial charge is 0.323 e. The van der Waals surface area contributed by atoms with Crippen LogP contribution in [0.25, 0.3) is 0 Å². The van der Waals surface area contributed by atoms with Gasteiger partial charge in [0, 0.05) is 10.9 Å². The van der Waals surface area contributed by atoms with E-state index in [1.807, 2.05) is 0 Å². The molecule has 3 atom stereocenters. The maximum atomic E-state index is 13.0. The van der Waals surface area contributed by atoms with E-state index in [0.29, 0.717) is 22.7 Å². The first kappa shape index (κ1) is 14.2. The van der Waals surface area contributed by atoms with Gasteiger partial charge in [-0.3, -0.25) is 0 Å². The fraction of sp³-hybridized carbons (Fsp3) is 0.667. The molecule has 2 N–H and O–H groups in total. The number of rotatable bonds is 2. The summed E-state index contributed by atoms with van der Waals surface area (Å²) in [5.41, 5.74) is 6.03. The Morgan fingerprint density at radius 2 is 2.00 bits per heavy atom. The zero-order chi connectivity index (χ0) is 13.3. The molecule has 0 saturated heterocycles. The van der Waals surface area contributed by atoms with Crippen molar-refractivity contribution in [3.8, 4) is 0 Å². The van der Waals surface area contributed by atoms with Gasteiger partial charge in [0.25, 0.3) is 0 Å². The molecule has 1 fully saturated rings. The molecule has 1 heterocycles. The molecule has 0 amide bonds. The predicted octanol–water partition coefficient (Wildman–Crippen LogP) is 4.77. The summed E-state index contributed by atoms with van der Waals surface area (Å²) in [7, 11) is 0. The van der Waals surface area contributed by atoms with Crippen molar-refractivity contribution >= 4 is 22.9 Å². The predicted molar refractivity (Wildman–Crippen MR) is 67.8 cm³/mol. The summed E-state index contributed by atoms with van der Waals surface area (Å²) in [6.45, 7) is 0. The Kier molecular flexibility index (Phi) is 4.24. The van der Waals surface area contributed by atoms with Gasteiger partial charge in [0.15, 0.2) is 0 Å². The monoisotopic (exact) mass is 297 g/mol. The third kappa shape index (κ3) is 2.83. The van der Waals surface area contributed by atoms with Gasteiger partial charge in [0.1, 0.15) is 0 Å². The Balaban J connectivity index is 2.22. The molecule has 0 aliphatic heterocycles. The zero-order valence-corrected chi connectivity index (χ0v) is 11.3. The van der Waals surface area contributed by atoms with Gasteiger partial charge in [-0.25, -0.2) is 0 Å². The fourth-order valence-electron chi connectivity index (χ4n) is 2.73. The molecule has 1 aromatic rings.